The van der Waals surface area contributed by atoms with Crippen LogP contribution in [0.1, 0.15) is 5.56 Å². The van der Waals surface area contributed by atoms with Crippen molar-refractivity contribution < 1.29 is 23.9 Å². The molecular formula is C23H18BrNO6. The number of esters is 1. The average Bonchev–Trinajstić information content (AvgIpc) is 2.78. The first-order valence-corrected chi connectivity index (χ1v) is 9.94. The molecule has 3 aromatic carbocycles. The lowest BCUT2D eigenvalue weighted by atomic mass is 10.1. The number of carbonyl (C=O) groups is 1. The highest BCUT2D eigenvalue weighted by Crippen LogP contribution is 2.31. The van der Waals surface area contributed by atoms with Gasteiger partial charge in [-0.15, -0.1) is 0 Å². The lowest BCUT2D eigenvalue weighted by Gasteiger charge is -2.12. The molecule has 0 atom stereocenters. The molecule has 0 aromatic heterocycles. The van der Waals surface area contributed by atoms with Crippen LogP contribution in [0.3, 0.4) is 0 Å². The lowest BCUT2D eigenvalue weighted by Crippen LogP contribution is -2.18. The summed E-state index contributed by atoms with van der Waals surface area (Å²) in [6, 6.07) is 20.1. The van der Waals surface area contributed by atoms with Crippen molar-refractivity contribution in [3.05, 3.63) is 93.1 Å². The zero-order chi connectivity index (χ0) is 22.2. The van der Waals surface area contributed by atoms with E-state index in [-0.39, 0.29) is 18.1 Å². The van der Waals surface area contributed by atoms with Crippen LogP contribution >= 0.6 is 15.9 Å². The Labute approximate surface area is 187 Å². The van der Waals surface area contributed by atoms with Crippen molar-refractivity contribution in [2.75, 3.05) is 13.7 Å². The number of carbonyl (C=O) groups excluding carboxylic acids is 1. The Balaban J connectivity index is 1.63. The molecule has 0 aliphatic rings. The number of hydrogen-bond donors (Lipinski definition) is 0. The van der Waals surface area contributed by atoms with Crippen LogP contribution in [0.5, 0.6) is 17.2 Å². The number of nitrogens with zero attached hydrogens (tertiary/aromatic N) is 1. The monoisotopic (exact) mass is 483 g/mol. The van der Waals surface area contributed by atoms with E-state index < -0.39 is 10.9 Å². The molecule has 8 heteroatoms. The van der Waals surface area contributed by atoms with Gasteiger partial charge in [0.1, 0.15) is 5.75 Å². The molecule has 0 aliphatic carbocycles. The van der Waals surface area contributed by atoms with Gasteiger partial charge in [0.25, 0.3) is 0 Å². The van der Waals surface area contributed by atoms with Crippen molar-refractivity contribution >= 4 is 28.0 Å². The quantitative estimate of drug-likeness (QED) is 0.185. The molecule has 0 bridgehead atoms. The molecule has 0 heterocycles. The van der Waals surface area contributed by atoms with Crippen molar-refractivity contribution in [3.8, 4) is 28.4 Å². The number of ether oxygens (including phenoxy) is 3. The molecule has 31 heavy (non-hydrogen) atoms. The number of rotatable bonds is 8. The van der Waals surface area contributed by atoms with E-state index in [1.807, 2.05) is 42.5 Å². The van der Waals surface area contributed by atoms with Gasteiger partial charge in [-0.05, 0) is 56.9 Å². The fraction of sp³-hybridized carbons (Fsp3) is 0.0870. The summed E-state index contributed by atoms with van der Waals surface area (Å²) >= 11 is 3.47. The summed E-state index contributed by atoms with van der Waals surface area (Å²) < 4.78 is 16.8. The zero-order valence-electron chi connectivity index (χ0n) is 16.5. The van der Waals surface area contributed by atoms with E-state index >= 15 is 0 Å². The van der Waals surface area contributed by atoms with Crippen molar-refractivity contribution in [1.82, 2.24) is 0 Å². The smallest absolute Gasteiger partial charge is 0.349 e. The van der Waals surface area contributed by atoms with Crippen LogP contribution in [-0.4, -0.2) is 24.6 Å². The van der Waals surface area contributed by atoms with Gasteiger partial charge in [0.2, 0.25) is 6.20 Å². The van der Waals surface area contributed by atoms with Crippen LogP contribution in [0.15, 0.2) is 77.4 Å². The third-order valence-electron chi connectivity index (χ3n) is 4.18. The highest BCUT2D eigenvalue weighted by Gasteiger charge is 2.13. The Bertz CT molecular complexity index is 1110. The summed E-state index contributed by atoms with van der Waals surface area (Å²) in [5.74, 6) is 0.342. The molecule has 0 spiro atoms. The van der Waals surface area contributed by atoms with E-state index in [1.54, 1.807) is 12.1 Å². The van der Waals surface area contributed by atoms with Crippen molar-refractivity contribution in [3.63, 3.8) is 0 Å². The van der Waals surface area contributed by atoms with Gasteiger partial charge < -0.3 is 14.2 Å². The van der Waals surface area contributed by atoms with Gasteiger partial charge in [-0.2, -0.15) is 0 Å². The maximum Gasteiger partial charge on any atom is 0.349 e. The number of methoxy groups -OCH3 is 1. The van der Waals surface area contributed by atoms with Gasteiger partial charge in [-0.3, -0.25) is 10.1 Å². The van der Waals surface area contributed by atoms with Crippen LogP contribution in [0.4, 0.5) is 0 Å². The topological polar surface area (TPSA) is 87.9 Å². The largest absolute Gasteiger partial charge is 0.493 e. The fourth-order valence-corrected chi connectivity index (χ4v) is 3.23. The molecule has 3 aromatic rings. The lowest BCUT2D eigenvalue weighted by molar-refractivity contribution is -0.400. The molecule has 0 radical (unpaired) electrons. The van der Waals surface area contributed by atoms with Crippen LogP contribution < -0.4 is 14.2 Å². The molecule has 0 N–H and O–H groups in total. The summed E-state index contributed by atoms with van der Waals surface area (Å²) in [5, 5.41) is 10.4. The van der Waals surface area contributed by atoms with Crippen LogP contribution in [0.2, 0.25) is 0 Å². The van der Waals surface area contributed by atoms with E-state index in [4.69, 9.17) is 14.2 Å². The van der Waals surface area contributed by atoms with Gasteiger partial charge in [0, 0.05) is 6.08 Å². The van der Waals surface area contributed by atoms with E-state index in [0.717, 1.165) is 17.3 Å². The summed E-state index contributed by atoms with van der Waals surface area (Å²) in [6.45, 7) is -0.310. The second kappa shape index (κ2) is 10.4. The third-order valence-corrected chi connectivity index (χ3v) is 4.80. The molecule has 0 aliphatic heterocycles. The third kappa shape index (κ3) is 6.16. The minimum absolute atomic E-state index is 0.188. The predicted octanol–water partition coefficient (Wildman–Crippen LogP) is 5.36. The van der Waals surface area contributed by atoms with Gasteiger partial charge in [-0.1, -0.05) is 42.5 Å². The summed E-state index contributed by atoms with van der Waals surface area (Å²) in [6.07, 6.45) is 2.13. The number of hydrogen-bond acceptors (Lipinski definition) is 6. The van der Waals surface area contributed by atoms with E-state index in [9.17, 15) is 14.9 Å². The maximum atomic E-state index is 12.2. The molecule has 0 saturated carbocycles. The Morgan fingerprint density at radius 3 is 2.42 bits per heavy atom. The Morgan fingerprint density at radius 2 is 1.74 bits per heavy atom. The molecular weight excluding hydrogens is 466 g/mol. The minimum atomic E-state index is -0.620. The predicted molar refractivity (Wildman–Crippen MR) is 120 cm³/mol. The van der Waals surface area contributed by atoms with E-state index in [1.165, 1.54) is 25.3 Å². The SMILES string of the molecule is COc1cc(/C=C/[N+](=O)[O-])ccc1OC(=O)COc1ccc(-c2ccccc2)cc1Br. The van der Waals surface area contributed by atoms with Gasteiger partial charge in [0.05, 0.1) is 16.5 Å². The van der Waals surface area contributed by atoms with Gasteiger partial charge >= 0.3 is 5.97 Å². The standard InChI is InChI=1S/C23H18BrNO6/c1-29-22-13-16(11-12-25(27)28)7-9-21(22)31-23(26)15-30-20-10-8-18(14-19(20)24)17-5-3-2-4-6-17/h2-14H,15H2,1H3/b12-11+. The zero-order valence-corrected chi connectivity index (χ0v) is 18.1. The molecule has 0 unspecified atom stereocenters. The number of benzene rings is 3. The van der Waals surface area contributed by atoms with Crippen molar-refractivity contribution in [1.29, 1.82) is 0 Å². The highest BCUT2D eigenvalue weighted by molar-refractivity contribution is 9.10. The van der Waals surface area contributed by atoms with E-state index in [2.05, 4.69) is 15.9 Å². The average molecular weight is 484 g/mol. The Kier molecular flexibility index (Phi) is 7.40. The Morgan fingerprint density at radius 1 is 1.00 bits per heavy atom. The fourth-order valence-electron chi connectivity index (χ4n) is 2.74. The molecule has 158 valence electrons. The molecule has 0 fully saturated rings. The summed E-state index contributed by atoms with van der Waals surface area (Å²) in [7, 11) is 1.41. The van der Waals surface area contributed by atoms with E-state index in [0.29, 0.717) is 15.8 Å². The van der Waals surface area contributed by atoms with Crippen molar-refractivity contribution in [2.45, 2.75) is 0 Å². The normalized spacial score (nSPS) is 10.6. The minimum Gasteiger partial charge on any atom is -0.493 e. The first-order valence-electron chi connectivity index (χ1n) is 9.14. The van der Waals surface area contributed by atoms with Crippen LogP contribution in [-0.2, 0) is 4.79 Å². The summed E-state index contributed by atoms with van der Waals surface area (Å²) in [5.41, 5.74) is 2.61. The Hall–Kier alpha value is -3.65. The van der Waals surface area contributed by atoms with Gasteiger partial charge in [0.15, 0.2) is 18.1 Å². The first kappa shape index (κ1) is 22.0. The first-order chi connectivity index (χ1) is 15.0. The second-order valence-corrected chi connectivity index (χ2v) is 7.14. The van der Waals surface area contributed by atoms with Crippen LogP contribution in [0, 0.1) is 10.1 Å². The highest BCUT2D eigenvalue weighted by atomic mass is 79.9. The number of nitro groups is 1. The molecule has 0 amide bonds. The summed E-state index contributed by atoms with van der Waals surface area (Å²) in [4.78, 5) is 22.1. The second-order valence-electron chi connectivity index (χ2n) is 6.29. The number of halogens is 1. The van der Waals surface area contributed by atoms with Crippen molar-refractivity contribution in [2.24, 2.45) is 0 Å². The molecule has 7 nitrogen and oxygen atoms in total. The molecule has 0 saturated heterocycles. The molecule has 3 rings (SSSR count). The maximum absolute atomic E-state index is 12.2. The van der Waals surface area contributed by atoms with Gasteiger partial charge in [-0.25, -0.2) is 4.79 Å². The van der Waals surface area contributed by atoms with Crippen LogP contribution in [0.25, 0.3) is 17.2 Å².